The highest BCUT2D eigenvalue weighted by Gasteiger charge is 2.29. The molecule has 1 aliphatic rings. The number of carbonyl (C=O) groups is 1. The highest BCUT2D eigenvalue weighted by Crippen LogP contribution is 2.16. The SMILES string of the molecule is CCN(CC)C(=O)C1CC[NH+](Cc2cccc(OCc3ccccc3)c2)CC1. The molecule has 2 aromatic carbocycles. The maximum atomic E-state index is 12.6. The highest BCUT2D eigenvalue weighted by molar-refractivity contribution is 5.78. The summed E-state index contributed by atoms with van der Waals surface area (Å²) < 4.78 is 5.96. The van der Waals surface area contributed by atoms with Crippen molar-refractivity contribution >= 4 is 5.91 Å². The summed E-state index contributed by atoms with van der Waals surface area (Å²) in [7, 11) is 0. The van der Waals surface area contributed by atoms with Crippen LogP contribution in [0, 0.1) is 5.92 Å². The van der Waals surface area contributed by atoms with Crippen LogP contribution in [-0.2, 0) is 17.9 Å². The molecule has 0 bridgehead atoms. The normalized spacial score (nSPS) is 19.2. The van der Waals surface area contributed by atoms with Crippen LogP contribution in [0.25, 0.3) is 0 Å². The van der Waals surface area contributed by atoms with Crippen LogP contribution in [0.5, 0.6) is 5.75 Å². The summed E-state index contributed by atoms with van der Waals surface area (Å²) in [6.45, 7) is 9.48. The van der Waals surface area contributed by atoms with Gasteiger partial charge in [0.2, 0.25) is 5.91 Å². The first-order valence-electron chi connectivity index (χ1n) is 10.6. The first-order valence-corrected chi connectivity index (χ1v) is 10.6. The molecule has 1 fully saturated rings. The quantitative estimate of drug-likeness (QED) is 0.763. The number of piperidine rings is 1. The largest absolute Gasteiger partial charge is 0.489 e. The van der Waals surface area contributed by atoms with Crippen LogP contribution in [0.1, 0.15) is 37.8 Å². The van der Waals surface area contributed by atoms with Gasteiger partial charge >= 0.3 is 0 Å². The molecule has 0 aliphatic carbocycles. The third-order valence-corrected chi connectivity index (χ3v) is 5.72. The number of carbonyl (C=O) groups excluding carboxylic acids is 1. The summed E-state index contributed by atoms with van der Waals surface area (Å²) in [5.74, 6) is 1.48. The van der Waals surface area contributed by atoms with E-state index in [1.54, 1.807) is 4.90 Å². The van der Waals surface area contributed by atoms with Gasteiger partial charge in [-0.2, -0.15) is 0 Å². The van der Waals surface area contributed by atoms with Crippen molar-refractivity contribution < 1.29 is 14.4 Å². The standard InChI is InChI=1S/C24H32N2O2/c1-3-26(4-2)24(27)22-13-15-25(16-14-22)18-21-11-8-12-23(17-21)28-19-20-9-6-5-7-10-20/h5-12,17,22H,3-4,13-16,18-19H2,1-2H3/p+1. The Labute approximate surface area is 169 Å². The number of hydrogen-bond acceptors (Lipinski definition) is 2. The molecule has 0 saturated carbocycles. The molecule has 1 heterocycles. The predicted molar refractivity (Wildman–Crippen MR) is 112 cm³/mol. The Balaban J connectivity index is 1.49. The van der Waals surface area contributed by atoms with Crippen molar-refractivity contribution in [3.63, 3.8) is 0 Å². The predicted octanol–water partition coefficient (Wildman–Crippen LogP) is 2.93. The first kappa shape index (κ1) is 20.4. The van der Waals surface area contributed by atoms with E-state index in [4.69, 9.17) is 4.74 Å². The van der Waals surface area contributed by atoms with Gasteiger partial charge < -0.3 is 14.5 Å². The van der Waals surface area contributed by atoms with E-state index >= 15 is 0 Å². The third-order valence-electron chi connectivity index (χ3n) is 5.72. The molecule has 0 atom stereocenters. The van der Waals surface area contributed by atoms with Crippen LogP contribution in [0.2, 0.25) is 0 Å². The minimum absolute atomic E-state index is 0.212. The summed E-state index contributed by atoms with van der Waals surface area (Å²) in [5.41, 5.74) is 2.48. The lowest BCUT2D eigenvalue weighted by atomic mass is 9.95. The van der Waals surface area contributed by atoms with Crippen molar-refractivity contribution in [2.75, 3.05) is 26.2 Å². The lowest BCUT2D eigenvalue weighted by Crippen LogP contribution is -3.11. The van der Waals surface area contributed by atoms with Crippen LogP contribution >= 0.6 is 0 Å². The van der Waals surface area contributed by atoms with E-state index < -0.39 is 0 Å². The second-order valence-electron chi connectivity index (χ2n) is 7.63. The molecule has 0 unspecified atom stereocenters. The molecule has 0 spiro atoms. The van der Waals surface area contributed by atoms with E-state index in [-0.39, 0.29) is 5.92 Å². The Hall–Kier alpha value is -2.33. The maximum Gasteiger partial charge on any atom is 0.226 e. The number of quaternary nitrogens is 1. The fourth-order valence-electron chi connectivity index (χ4n) is 4.02. The van der Waals surface area contributed by atoms with Crippen molar-refractivity contribution in [2.24, 2.45) is 5.92 Å². The Morgan fingerprint density at radius 1 is 1.00 bits per heavy atom. The molecule has 0 aromatic heterocycles. The summed E-state index contributed by atoms with van der Waals surface area (Å²) in [4.78, 5) is 16.1. The van der Waals surface area contributed by atoms with Gasteiger partial charge in [0.25, 0.3) is 0 Å². The Morgan fingerprint density at radius 3 is 2.36 bits per heavy atom. The Bertz CT molecular complexity index is 735. The molecule has 28 heavy (non-hydrogen) atoms. The second-order valence-corrected chi connectivity index (χ2v) is 7.63. The van der Waals surface area contributed by atoms with Crippen molar-refractivity contribution in [3.8, 4) is 5.75 Å². The van der Waals surface area contributed by atoms with E-state index in [2.05, 4.69) is 44.2 Å². The topological polar surface area (TPSA) is 34.0 Å². The number of amides is 1. The van der Waals surface area contributed by atoms with Crippen LogP contribution in [0.4, 0.5) is 0 Å². The summed E-state index contributed by atoms with van der Waals surface area (Å²) in [5, 5.41) is 0. The van der Waals surface area contributed by atoms with Gasteiger partial charge in [-0.1, -0.05) is 42.5 Å². The zero-order valence-electron chi connectivity index (χ0n) is 17.2. The van der Waals surface area contributed by atoms with Crippen molar-refractivity contribution in [3.05, 3.63) is 65.7 Å². The van der Waals surface area contributed by atoms with Crippen LogP contribution in [0.15, 0.2) is 54.6 Å². The number of likely N-dealkylation sites (tertiary alicyclic amines) is 1. The van der Waals surface area contributed by atoms with Gasteiger partial charge in [-0.25, -0.2) is 0 Å². The number of ether oxygens (including phenoxy) is 1. The molecule has 1 amide bonds. The number of nitrogens with zero attached hydrogens (tertiary/aromatic N) is 1. The van der Waals surface area contributed by atoms with E-state index in [1.807, 2.05) is 29.2 Å². The fraction of sp³-hybridized carbons (Fsp3) is 0.458. The molecule has 4 heteroatoms. The minimum atomic E-state index is 0.212. The van der Waals surface area contributed by atoms with E-state index in [0.717, 1.165) is 51.3 Å². The monoisotopic (exact) mass is 381 g/mol. The molecule has 2 aromatic rings. The summed E-state index contributed by atoms with van der Waals surface area (Å²) in [6, 6.07) is 18.7. The maximum absolute atomic E-state index is 12.6. The van der Waals surface area contributed by atoms with E-state index in [0.29, 0.717) is 12.5 Å². The molecular weight excluding hydrogens is 348 g/mol. The summed E-state index contributed by atoms with van der Waals surface area (Å²) in [6.07, 6.45) is 1.99. The molecule has 3 rings (SSSR count). The van der Waals surface area contributed by atoms with E-state index in [9.17, 15) is 4.79 Å². The van der Waals surface area contributed by atoms with Crippen molar-refractivity contribution in [1.82, 2.24) is 4.90 Å². The first-order chi connectivity index (χ1) is 13.7. The molecule has 150 valence electrons. The molecule has 0 radical (unpaired) electrons. The van der Waals surface area contributed by atoms with Gasteiger partial charge in [0.1, 0.15) is 18.9 Å². The van der Waals surface area contributed by atoms with Crippen LogP contribution < -0.4 is 9.64 Å². The number of hydrogen-bond donors (Lipinski definition) is 1. The zero-order valence-corrected chi connectivity index (χ0v) is 17.2. The average Bonchev–Trinajstić information content (AvgIpc) is 2.75. The van der Waals surface area contributed by atoms with Gasteiger partial charge in [-0.15, -0.1) is 0 Å². The zero-order chi connectivity index (χ0) is 19.8. The summed E-state index contributed by atoms with van der Waals surface area (Å²) >= 11 is 0. The van der Waals surface area contributed by atoms with Gasteiger partial charge in [0.15, 0.2) is 0 Å². The van der Waals surface area contributed by atoms with Crippen molar-refractivity contribution in [2.45, 2.75) is 39.8 Å². The Kier molecular flexibility index (Phi) is 7.49. The second kappa shape index (κ2) is 10.3. The van der Waals surface area contributed by atoms with Crippen molar-refractivity contribution in [1.29, 1.82) is 0 Å². The minimum Gasteiger partial charge on any atom is -0.489 e. The number of nitrogens with one attached hydrogen (secondary N) is 1. The van der Waals surface area contributed by atoms with Gasteiger partial charge in [0.05, 0.1) is 13.1 Å². The lowest BCUT2D eigenvalue weighted by molar-refractivity contribution is -0.919. The van der Waals surface area contributed by atoms with Gasteiger partial charge in [-0.3, -0.25) is 4.79 Å². The van der Waals surface area contributed by atoms with E-state index in [1.165, 1.54) is 11.1 Å². The number of benzene rings is 2. The molecule has 1 saturated heterocycles. The smallest absolute Gasteiger partial charge is 0.226 e. The van der Waals surface area contributed by atoms with Crippen LogP contribution in [0.3, 0.4) is 0 Å². The molecule has 1 aliphatic heterocycles. The van der Waals surface area contributed by atoms with Crippen LogP contribution in [-0.4, -0.2) is 37.0 Å². The molecule has 1 N–H and O–H groups in total. The fourth-order valence-corrected chi connectivity index (χ4v) is 4.02. The molecular formula is C24H33N2O2+. The lowest BCUT2D eigenvalue weighted by Gasteiger charge is -2.31. The number of rotatable bonds is 8. The average molecular weight is 382 g/mol. The molecule has 4 nitrogen and oxygen atoms in total. The van der Waals surface area contributed by atoms with Gasteiger partial charge in [-0.05, 0) is 31.5 Å². The van der Waals surface area contributed by atoms with Gasteiger partial charge in [0, 0.05) is 37.4 Å². The third kappa shape index (κ3) is 5.59. The Morgan fingerprint density at radius 2 is 1.68 bits per heavy atom. The highest BCUT2D eigenvalue weighted by atomic mass is 16.5.